The summed E-state index contributed by atoms with van der Waals surface area (Å²) in [7, 11) is 0. The van der Waals surface area contributed by atoms with Crippen LogP contribution >= 0.6 is 0 Å². The van der Waals surface area contributed by atoms with Gasteiger partial charge in [0.25, 0.3) is 0 Å². The van der Waals surface area contributed by atoms with E-state index in [2.05, 4.69) is 9.72 Å². The van der Waals surface area contributed by atoms with Crippen molar-refractivity contribution in [2.45, 2.75) is 32.5 Å². The molecule has 0 saturated carbocycles. The molecule has 0 bridgehead atoms. The fourth-order valence-electron chi connectivity index (χ4n) is 3.04. The van der Waals surface area contributed by atoms with Crippen LogP contribution in [0.25, 0.3) is 5.65 Å². The highest BCUT2D eigenvalue weighted by atomic mass is 19.4. The van der Waals surface area contributed by atoms with Crippen LogP contribution in [0.1, 0.15) is 47.1 Å². The van der Waals surface area contributed by atoms with Crippen LogP contribution in [0.3, 0.4) is 0 Å². The molecule has 5 nitrogen and oxygen atoms in total. The number of ether oxygens (including phenoxy) is 1. The second-order valence-corrected chi connectivity index (χ2v) is 6.38. The summed E-state index contributed by atoms with van der Waals surface area (Å²) in [6.07, 6.45) is -3.04. The van der Waals surface area contributed by atoms with Gasteiger partial charge in [0.2, 0.25) is 0 Å². The van der Waals surface area contributed by atoms with Gasteiger partial charge in [0.05, 0.1) is 11.3 Å². The summed E-state index contributed by atoms with van der Waals surface area (Å²) >= 11 is 0. The summed E-state index contributed by atoms with van der Waals surface area (Å²) in [6.45, 7) is 3.88. The van der Waals surface area contributed by atoms with Crippen LogP contribution in [0.2, 0.25) is 0 Å². The smallest absolute Gasteiger partial charge is 0.478 e. The van der Waals surface area contributed by atoms with Crippen molar-refractivity contribution < 1.29 is 27.8 Å². The maximum absolute atomic E-state index is 12.7. The number of imidazole rings is 1. The van der Waals surface area contributed by atoms with Crippen LogP contribution < -0.4 is 4.74 Å². The Morgan fingerprint density at radius 2 is 1.96 bits per heavy atom. The third-order valence-electron chi connectivity index (χ3n) is 4.09. The second kappa shape index (κ2) is 6.94. The number of carboxylic acid groups (broad SMARTS) is 1. The summed E-state index contributed by atoms with van der Waals surface area (Å²) in [6, 6.07) is 8.82. The Hall–Kier alpha value is -3.03. The van der Waals surface area contributed by atoms with Crippen molar-refractivity contribution >= 4 is 11.6 Å². The Kier molecular flexibility index (Phi) is 4.82. The molecular weight excluding hydrogens is 361 g/mol. The van der Waals surface area contributed by atoms with Gasteiger partial charge in [-0.25, -0.2) is 9.78 Å². The molecule has 0 fully saturated rings. The first-order chi connectivity index (χ1) is 12.7. The quantitative estimate of drug-likeness (QED) is 0.702. The number of rotatable bonds is 5. The average Bonchev–Trinajstić information content (AvgIpc) is 2.92. The van der Waals surface area contributed by atoms with E-state index in [0.29, 0.717) is 16.9 Å². The number of carbonyl (C=O) groups is 1. The molecule has 0 aliphatic carbocycles. The summed E-state index contributed by atoms with van der Waals surface area (Å²) in [5.74, 6) is -1.32. The lowest BCUT2D eigenvalue weighted by molar-refractivity contribution is -0.274. The van der Waals surface area contributed by atoms with Crippen molar-refractivity contribution in [2.24, 2.45) is 0 Å². The lowest BCUT2D eigenvalue weighted by Crippen LogP contribution is -2.18. The molecule has 0 aliphatic heterocycles. The van der Waals surface area contributed by atoms with Crippen molar-refractivity contribution in [2.75, 3.05) is 0 Å². The van der Waals surface area contributed by atoms with Crippen molar-refractivity contribution in [3.8, 4) is 5.75 Å². The lowest BCUT2D eigenvalue weighted by Gasteiger charge is -2.14. The zero-order valence-corrected chi connectivity index (χ0v) is 14.6. The predicted octanol–water partition coefficient (Wildman–Crippen LogP) is 4.65. The van der Waals surface area contributed by atoms with Gasteiger partial charge in [0.15, 0.2) is 0 Å². The number of hydrogen-bond acceptors (Lipinski definition) is 3. The molecule has 0 radical (unpaired) electrons. The molecule has 3 rings (SSSR count). The van der Waals surface area contributed by atoms with E-state index in [1.807, 2.05) is 13.8 Å². The Balaban J connectivity index is 2.07. The highest BCUT2D eigenvalue weighted by Gasteiger charge is 2.32. The van der Waals surface area contributed by atoms with Crippen LogP contribution in [-0.2, 0) is 6.42 Å². The van der Waals surface area contributed by atoms with Gasteiger partial charge in [-0.2, -0.15) is 0 Å². The van der Waals surface area contributed by atoms with E-state index < -0.39 is 12.3 Å². The second-order valence-electron chi connectivity index (χ2n) is 6.38. The molecule has 8 heteroatoms. The number of aromatic carboxylic acids is 1. The van der Waals surface area contributed by atoms with E-state index in [-0.39, 0.29) is 23.7 Å². The first kappa shape index (κ1) is 18.8. The molecule has 27 heavy (non-hydrogen) atoms. The third-order valence-corrected chi connectivity index (χ3v) is 4.09. The van der Waals surface area contributed by atoms with Gasteiger partial charge in [0.1, 0.15) is 11.4 Å². The molecule has 142 valence electrons. The first-order valence-corrected chi connectivity index (χ1v) is 8.23. The third kappa shape index (κ3) is 4.05. The van der Waals surface area contributed by atoms with Crippen molar-refractivity contribution in [1.29, 1.82) is 0 Å². The van der Waals surface area contributed by atoms with Gasteiger partial charge >= 0.3 is 12.3 Å². The molecule has 2 heterocycles. The van der Waals surface area contributed by atoms with Gasteiger partial charge in [-0.15, -0.1) is 13.2 Å². The summed E-state index contributed by atoms with van der Waals surface area (Å²) in [5, 5.41) is 9.15. The maximum atomic E-state index is 12.7. The SMILES string of the molecule is CC(C)c1c(Cc2ccccc2OC(F)(F)F)nc2cc(C(=O)O)ccn12. The van der Waals surface area contributed by atoms with E-state index in [9.17, 15) is 18.0 Å². The number of nitrogens with zero attached hydrogens (tertiary/aromatic N) is 2. The van der Waals surface area contributed by atoms with Gasteiger partial charge in [-0.1, -0.05) is 32.0 Å². The summed E-state index contributed by atoms with van der Waals surface area (Å²) < 4.78 is 43.9. The maximum Gasteiger partial charge on any atom is 0.573 e. The van der Waals surface area contributed by atoms with E-state index in [1.54, 1.807) is 22.7 Å². The van der Waals surface area contributed by atoms with E-state index in [0.717, 1.165) is 5.69 Å². The number of halogens is 3. The average molecular weight is 378 g/mol. The van der Waals surface area contributed by atoms with E-state index in [1.165, 1.54) is 24.3 Å². The summed E-state index contributed by atoms with van der Waals surface area (Å²) in [4.78, 5) is 15.7. The fourth-order valence-corrected chi connectivity index (χ4v) is 3.04. The number of aromatic nitrogens is 2. The fraction of sp³-hybridized carbons (Fsp3) is 0.263. The molecule has 0 atom stereocenters. The van der Waals surface area contributed by atoms with Gasteiger partial charge in [0, 0.05) is 23.9 Å². The zero-order valence-electron chi connectivity index (χ0n) is 14.6. The first-order valence-electron chi connectivity index (χ1n) is 8.23. The van der Waals surface area contributed by atoms with Crippen molar-refractivity contribution in [1.82, 2.24) is 9.38 Å². The molecular formula is C19H17F3N2O3. The number of benzene rings is 1. The minimum absolute atomic E-state index is 0.0291. The minimum atomic E-state index is -4.79. The molecule has 2 aromatic heterocycles. The molecule has 0 aliphatic rings. The molecule has 0 amide bonds. The van der Waals surface area contributed by atoms with Gasteiger partial charge < -0.3 is 14.2 Å². The standard InChI is InChI=1S/C19H17F3N2O3/c1-11(2)17-14(23-16-10-13(18(25)26)7-8-24(16)17)9-12-5-3-4-6-15(12)27-19(20,21)22/h3-8,10-11H,9H2,1-2H3,(H,25,26). The Labute approximate surface area is 153 Å². The van der Waals surface area contributed by atoms with Crippen molar-refractivity contribution in [3.63, 3.8) is 0 Å². The topological polar surface area (TPSA) is 63.8 Å². The number of fused-ring (bicyclic) bond motifs is 1. The van der Waals surface area contributed by atoms with E-state index >= 15 is 0 Å². The van der Waals surface area contributed by atoms with Crippen LogP contribution in [0, 0.1) is 0 Å². The molecule has 1 aromatic carbocycles. The number of pyridine rings is 1. The highest BCUT2D eigenvalue weighted by molar-refractivity contribution is 5.88. The number of alkyl halides is 3. The van der Waals surface area contributed by atoms with Crippen LogP contribution in [-0.4, -0.2) is 26.8 Å². The summed E-state index contributed by atoms with van der Waals surface area (Å²) in [5.41, 5.74) is 2.26. The zero-order chi connectivity index (χ0) is 19.8. The van der Waals surface area contributed by atoms with Gasteiger partial charge in [-0.05, 0) is 24.1 Å². The Morgan fingerprint density at radius 1 is 1.26 bits per heavy atom. The molecule has 0 unspecified atom stereocenters. The van der Waals surface area contributed by atoms with Crippen molar-refractivity contribution in [3.05, 3.63) is 65.1 Å². The lowest BCUT2D eigenvalue weighted by atomic mass is 10.0. The number of carboxylic acids is 1. The van der Waals surface area contributed by atoms with Crippen LogP contribution in [0.5, 0.6) is 5.75 Å². The molecule has 1 N–H and O–H groups in total. The van der Waals surface area contributed by atoms with Crippen LogP contribution in [0.4, 0.5) is 13.2 Å². The van der Waals surface area contributed by atoms with Crippen LogP contribution in [0.15, 0.2) is 42.6 Å². The van der Waals surface area contributed by atoms with Gasteiger partial charge in [-0.3, -0.25) is 0 Å². The predicted molar refractivity (Wildman–Crippen MR) is 92.2 cm³/mol. The monoisotopic (exact) mass is 378 g/mol. The number of hydrogen-bond donors (Lipinski definition) is 1. The minimum Gasteiger partial charge on any atom is -0.478 e. The normalized spacial score (nSPS) is 11.9. The molecule has 0 saturated heterocycles. The Bertz CT molecular complexity index is 994. The molecule has 0 spiro atoms. The Morgan fingerprint density at radius 3 is 2.59 bits per heavy atom. The highest BCUT2D eigenvalue weighted by Crippen LogP contribution is 2.30. The largest absolute Gasteiger partial charge is 0.573 e. The number of para-hydroxylation sites is 1. The van der Waals surface area contributed by atoms with E-state index in [4.69, 9.17) is 5.11 Å². The molecule has 3 aromatic rings.